The lowest BCUT2D eigenvalue weighted by molar-refractivity contribution is -0.137. The Labute approximate surface area is 127 Å². The molecule has 1 saturated carbocycles. The minimum Gasteiger partial charge on any atom is -0.374 e. The molecule has 1 saturated heterocycles. The minimum absolute atomic E-state index is 0.0651. The van der Waals surface area contributed by atoms with Gasteiger partial charge in [-0.25, -0.2) is 4.79 Å². The molecule has 5 nitrogen and oxygen atoms in total. The van der Waals surface area contributed by atoms with Gasteiger partial charge < -0.3 is 10.1 Å². The summed E-state index contributed by atoms with van der Waals surface area (Å²) in [4.78, 5) is 26.4. The fraction of sp³-hybridized carbons (Fsp3) is 0.875. The molecule has 1 aliphatic carbocycles. The third-order valence-corrected chi connectivity index (χ3v) is 4.84. The monoisotopic (exact) mass is 296 g/mol. The molecule has 1 spiro atoms. The highest BCUT2D eigenvalue weighted by molar-refractivity contribution is 6.07. The maximum atomic E-state index is 12.9. The normalized spacial score (nSPS) is 33.7. The van der Waals surface area contributed by atoms with Gasteiger partial charge in [-0.15, -0.1) is 0 Å². The molecule has 0 aromatic heterocycles. The number of ether oxygens (including phenoxy) is 1. The molecule has 21 heavy (non-hydrogen) atoms. The Bertz CT molecular complexity index is 418. The van der Waals surface area contributed by atoms with E-state index in [9.17, 15) is 9.59 Å². The van der Waals surface area contributed by atoms with Gasteiger partial charge in [0, 0.05) is 0 Å². The summed E-state index contributed by atoms with van der Waals surface area (Å²) in [7, 11) is 0. The van der Waals surface area contributed by atoms with Crippen LogP contribution in [-0.4, -0.2) is 41.1 Å². The van der Waals surface area contributed by atoms with Crippen molar-refractivity contribution >= 4 is 11.9 Å². The lowest BCUT2D eigenvalue weighted by Gasteiger charge is -2.42. The summed E-state index contributed by atoms with van der Waals surface area (Å²) in [5, 5.41) is 3.00. The molecular weight excluding hydrogens is 268 g/mol. The van der Waals surface area contributed by atoms with E-state index >= 15 is 0 Å². The van der Waals surface area contributed by atoms with E-state index < -0.39 is 5.54 Å². The van der Waals surface area contributed by atoms with Crippen LogP contribution in [-0.2, 0) is 9.53 Å². The third-order valence-electron chi connectivity index (χ3n) is 4.84. The van der Waals surface area contributed by atoms with Gasteiger partial charge >= 0.3 is 6.03 Å². The van der Waals surface area contributed by atoms with Gasteiger partial charge in [-0.1, -0.05) is 20.3 Å². The van der Waals surface area contributed by atoms with Crippen LogP contribution < -0.4 is 5.32 Å². The van der Waals surface area contributed by atoms with Crippen LogP contribution in [0.15, 0.2) is 0 Å². The standard InChI is InChI=1S/C16H28N2O3/c1-11-7-6-8-12(2)16(11)13(19)18(14(20)17-16)9-10-21-15(3,4)5/h11-12H,6-10H2,1-5H3,(H,17,20). The van der Waals surface area contributed by atoms with Crippen molar-refractivity contribution in [3.63, 3.8) is 0 Å². The first-order valence-electron chi connectivity index (χ1n) is 7.96. The molecule has 2 unspecified atom stereocenters. The highest BCUT2D eigenvalue weighted by atomic mass is 16.5. The Balaban J connectivity index is 2.09. The second-order valence-electron chi connectivity index (χ2n) is 7.45. The zero-order chi connectivity index (χ0) is 15.8. The molecule has 1 N–H and O–H groups in total. The minimum atomic E-state index is -0.697. The first-order chi connectivity index (χ1) is 9.68. The van der Waals surface area contributed by atoms with Crippen molar-refractivity contribution in [2.75, 3.05) is 13.2 Å². The average Bonchev–Trinajstić information content (AvgIpc) is 2.60. The van der Waals surface area contributed by atoms with Crippen LogP contribution in [0.1, 0.15) is 53.9 Å². The van der Waals surface area contributed by atoms with Crippen LogP contribution in [0, 0.1) is 11.8 Å². The first kappa shape index (κ1) is 16.3. The average molecular weight is 296 g/mol. The second kappa shape index (κ2) is 5.59. The lowest BCUT2D eigenvalue weighted by atomic mass is 9.67. The van der Waals surface area contributed by atoms with Crippen LogP contribution in [0.25, 0.3) is 0 Å². The predicted octanol–water partition coefficient (Wildman–Crippen LogP) is 2.55. The zero-order valence-corrected chi connectivity index (χ0v) is 13.9. The maximum absolute atomic E-state index is 12.9. The molecule has 2 aliphatic rings. The highest BCUT2D eigenvalue weighted by Gasteiger charge is 2.58. The number of nitrogens with zero attached hydrogens (tertiary/aromatic N) is 1. The number of imide groups is 1. The molecule has 120 valence electrons. The first-order valence-corrected chi connectivity index (χ1v) is 7.96. The number of hydrogen-bond acceptors (Lipinski definition) is 3. The summed E-state index contributed by atoms with van der Waals surface area (Å²) >= 11 is 0. The van der Waals surface area contributed by atoms with E-state index in [1.165, 1.54) is 4.90 Å². The fourth-order valence-corrected chi connectivity index (χ4v) is 3.60. The van der Waals surface area contributed by atoms with Gasteiger partial charge in [0.15, 0.2) is 0 Å². The van der Waals surface area contributed by atoms with E-state index in [0.29, 0.717) is 13.2 Å². The van der Waals surface area contributed by atoms with Crippen molar-refractivity contribution < 1.29 is 14.3 Å². The van der Waals surface area contributed by atoms with E-state index in [-0.39, 0.29) is 29.4 Å². The van der Waals surface area contributed by atoms with Gasteiger partial charge in [-0.05, 0) is 45.4 Å². The van der Waals surface area contributed by atoms with E-state index in [0.717, 1.165) is 19.3 Å². The summed E-state index contributed by atoms with van der Waals surface area (Å²) in [6.07, 6.45) is 3.10. The van der Waals surface area contributed by atoms with Crippen LogP contribution in [0.5, 0.6) is 0 Å². The van der Waals surface area contributed by atoms with Crippen molar-refractivity contribution in [3.8, 4) is 0 Å². The largest absolute Gasteiger partial charge is 0.374 e. The lowest BCUT2D eigenvalue weighted by Crippen LogP contribution is -2.58. The Morgan fingerprint density at radius 1 is 1.24 bits per heavy atom. The van der Waals surface area contributed by atoms with Crippen molar-refractivity contribution in [2.45, 2.75) is 65.0 Å². The van der Waals surface area contributed by atoms with Gasteiger partial charge in [0.05, 0.1) is 18.8 Å². The SMILES string of the molecule is CC1CCCC(C)C12NC(=O)N(CCOC(C)(C)C)C2=O. The number of amides is 3. The summed E-state index contributed by atoms with van der Waals surface area (Å²) in [6, 6.07) is -0.266. The molecule has 0 aromatic rings. The number of urea groups is 1. The summed E-state index contributed by atoms with van der Waals surface area (Å²) in [6.45, 7) is 10.7. The van der Waals surface area contributed by atoms with Crippen molar-refractivity contribution in [2.24, 2.45) is 11.8 Å². The Kier molecular flexibility index (Phi) is 4.34. The molecular formula is C16H28N2O3. The number of nitrogens with one attached hydrogen (secondary N) is 1. The van der Waals surface area contributed by atoms with E-state index in [1.807, 2.05) is 20.8 Å². The summed E-state index contributed by atoms with van der Waals surface area (Å²) < 4.78 is 5.64. The van der Waals surface area contributed by atoms with Crippen LogP contribution in [0.3, 0.4) is 0 Å². The molecule has 1 aliphatic heterocycles. The summed E-state index contributed by atoms with van der Waals surface area (Å²) in [5.74, 6) is 0.308. The van der Waals surface area contributed by atoms with Gasteiger partial charge in [0.25, 0.3) is 5.91 Å². The molecule has 2 rings (SSSR count). The quantitative estimate of drug-likeness (QED) is 0.814. The number of rotatable bonds is 3. The number of carbonyl (C=O) groups is 2. The van der Waals surface area contributed by atoms with Crippen LogP contribution >= 0.6 is 0 Å². The Morgan fingerprint density at radius 2 is 1.81 bits per heavy atom. The maximum Gasteiger partial charge on any atom is 0.325 e. The summed E-state index contributed by atoms with van der Waals surface area (Å²) in [5.41, 5.74) is -0.959. The Morgan fingerprint density at radius 3 is 2.33 bits per heavy atom. The Hall–Kier alpha value is -1.10. The van der Waals surface area contributed by atoms with Crippen LogP contribution in [0.2, 0.25) is 0 Å². The van der Waals surface area contributed by atoms with Gasteiger partial charge in [0.1, 0.15) is 5.54 Å². The van der Waals surface area contributed by atoms with Gasteiger partial charge in [-0.3, -0.25) is 9.69 Å². The molecule has 0 aromatic carbocycles. The number of carbonyl (C=O) groups excluding carboxylic acids is 2. The van der Waals surface area contributed by atoms with Gasteiger partial charge in [-0.2, -0.15) is 0 Å². The highest BCUT2D eigenvalue weighted by Crippen LogP contribution is 2.42. The van der Waals surface area contributed by atoms with Crippen molar-refractivity contribution in [3.05, 3.63) is 0 Å². The smallest absolute Gasteiger partial charge is 0.325 e. The van der Waals surface area contributed by atoms with Crippen molar-refractivity contribution in [1.29, 1.82) is 0 Å². The zero-order valence-electron chi connectivity index (χ0n) is 13.9. The van der Waals surface area contributed by atoms with E-state index in [1.54, 1.807) is 0 Å². The van der Waals surface area contributed by atoms with E-state index in [4.69, 9.17) is 4.74 Å². The third kappa shape index (κ3) is 2.93. The van der Waals surface area contributed by atoms with Crippen LogP contribution in [0.4, 0.5) is 4.79 Å². The van der Waals surface area contributed by atoms with E-state index in [2.05, 4.69) is 19.2 Å². The molecule has 2 fully saturated rings. The second-order valence-corrected chi connectivity index (χ2v) is 7.45. The van der Waals surface area contributed by atoms with Crippen molar-refractivity contribution in [1.82, 2.24) is 10.2 Å². The molecule has 5 heteroatoms. The topological polar surface area (TPSA) is 58.6 Å². The molecule has 0 bridgehead atoms. The molecule has 0 radical (unpaired) electrons. The molecule has 1 heterocycles. The fourth-order valence-electron chi connectivity index (χ4n) is 3.60. The predicted molar refractivity (Wildman–Crippen MR) is 80.9 cm³/mol. The van der Waals surface area contributed by atoms with Gasteiger partial charge in [0.2, 0.25) is 0 Å². The number of hydrogen-bond donors (Lipinski definition) is 1. The molecule has 2 atom stereocenters. The molecule has 3 amide bonds.